The van der Waals surface area contributed by atoms with Gasteiger partial charge in [-0.2, -0.15) is 0 Å². The van der Waals surface area contributed by atoms with E-state index in [9.17, 15) is 9.59 Å². The molecule has 31 heavy (non-hydrogen) atoms. The second kappa shape index (κ2) is 7.91. The van der Waals surface area contributed by atoms with Gasteiger partial charge in [0.15, 0.2) is 0 Å². The summed E-state index contributed by atoms with van der Waals surface area (Å²) in [5, 5.41) is 0. The van der Waals surface area contributed by atoms with Gasteiger partial charge in [0.05, 0.1) is 13.0 Å². The number of para-hydroxylation sites is 1. The lowest BCUT2D eigenvalue weighted by Gasteiger charge is -2.45. The number of carbonyl (C=O) groups excluding carboxylic acids is 2. The van der Waals surface area contributed by atoms with Gasteiger partial charge in [0.1, 0.15) is 17.1 Å². The van der Waals surface area contributed by atoms with Crippen molar-refractivity contribution in [3.8, 4) is 11.5 Å². The van der Waals surface area contributed by atoms with Gasteiger partial charge in [0, 0.05) is 50.7 Å². The highest BCUT2D eigenvalue weighted by atomic mass is 16.5. The first-order valence-corrected chi connectivity index (χ1v) is 11.1. The van der Waals surface area contributed by atoms with Gasteiger partial charge in [0.25, 0.3) is 0 Å². The molecule has 3 aliphatic heterocycles. The lowest BCUT2D eigenvalue weighted by molar-refractivity contribution is -0.139. The van der Waals surface area contributed by atoms with E-state index in [0.717, 1.165) is 37.1 Å². The lowest BCUT2D eigenvalue weighted by atomic mass is 9.83. The molecule has 2 amide bonds. The number of fused-ring (bicyclic) bond motifs is 1. The highest BCUT2D eigenvalue weighted by Gasteiger charge is 2.43. The summed E-state index contributed by atoms with van der Waals surface area (Å²) in [4.78, 5) is 29.5. The monoisotopic (exact) mass is 420 g/mol. The van der Waals surface area contributed by atoms with Crippen molar-refractivity contribution < 1.29 is 19.1 Å². The Morgan fingerprint density at radius 2 is 1.90 bits per heavy atom. The number of anilines is 1. The zero-order valence-corrected chi connectivity index (χ0v) is 17.9. The maximum absolute atomic E-state index is 13.2. The van der Waals surface area contributed by atoms with Crippen LogP contribution in [0.25, 0.3) is 0 Å². The second-order valence-corrected chi connectivity index (χ2v) is 8.82. The minimum Gasteiger partial charge on any atom is -0.497 e. The Balaban J connectivity index is 1.22. The zero-order chi connectivity index (χ0) is 21.4. The number of benzene rings is 2. The third kappa shape index (κ3) is 3.75. The quantitative estimate of drug-likeness (QED) is 0.763. The maximum Gasteiger partial charge on any atom is 0.228 e. The molecular weight excluding hydrogens is 392 g/mol. The van der Waals surface area contributed by atoms with E-state index in [0.29, 0.717) is 25.4 Å². The number of hydrogen-bond acceptors (Lipinski definition) is 4. The smallest absolute Gasteiger partial charge is 0.228 e. The van der Waals surface area contributed by atoms with Gasteiger partial charge in [-0.3, -0.25) is 9.59 Å². The minimum absolute atomic E-state index is 0.00713. The number of carbonyl (C=O) groups is 2. The molecule has 0 bridgehead atoms. The summed E-state index contributed by atoms with van der Waals surface area (Å²) in [6.45, 7) is 1.80. The largest absolute Gasteiger partial charge is 0.497 e. The number of methoxy groups -OCH3 is 1. The van der Waals surface area contributed by atoms with Gasteiger partial charge >= 0.3 is 0 Å². The Morgan fingerprint density at radius 1 is 1.10 bits per heavy atom. The van der Waals surface area contributed by atoms with E-state index < -0.39 is 0 Å². The van der Waals surface area contributed by atoms with Crippen molar-refractivity contribution in [3.63, 3.8) is 0 Å². The van der Waals surface area contributed by atoms with E-state index in [-0.39, 0.29) is 29.8 Å². The molecule has 0 aliphatic carbocycles. The third-order valence-corrected chi connectivity index (χ3v) is 6.97. The van der Waals surface area contributed by atoms with Crippen LogP contribution < -0.4 is 14.4 Å². The lowest BCUT2D eigenvalue weighted by Crippen LogP contribution is -2.52. The number of hydrogen-bond donors (Lipinski definition) is 0. The number of likely N-dealkylation sites (tertiary alicyclic amines) is 1. The predicted octanol–water partition coefficient (Wildman–Crippen LogP) is 3.43. The second-order valence-electron chi connectivity index (χ2n) is 8.82. The first-order valence-electron chi connectivity index (χ1n) is 11.1. The van der Waals surface area contributed by atoms with Gasteiger partial charge in [-0.25, -0.2) is 0 Å². The Labute approximate surface area is 182 Å². The fourth-order valence-corrected chi connectivity index (χ4v) is 5.10. The Hall–Kier alpha value is -3.02. The molecule has 6 heteroatoms. The molecule has 1 unspecified atom stereocenters. The number of aryl methyl sites for hydroxylation is 1. The van der Waals surface area contributed by atoms with Gasteiger partial charge in [-0.1, -0.05) is 24.3 Å². The molecule has 2 aromatic carbocycles. The topological polar surface area (TPSA) is 59.1 Å². The van der Waals surface area contributed by atoms with Crippen LogP contribution in [0.2, 0.25) is 0 Å². The Kier molecular flexibility index (Phi) is 5.08. The van der Waals surface area contributed by atoms with Crippen molar-refractivity contribution >= 4 is 17.5 Å². The number of amides is 2. The normalized spacial score (nSPS) is 22.2. The Bertz CT molecular complexity index is 997. The van der Waals surface area contributed by atoms with Crippen LogP contribution in [0.4, 0.5) is 5.69 Å². The number of ether oxygens (including phenoxy) is 2. The van der Waals surface area contributed by atoms with Gasteiger partial charge < -0.3 is 19.3 Å². The molecule has 2 saturated heterocycles. The van der Waals surface area contributed by atoms with Crippen molar-refractivity contribution in [2.24, 2.45) is 5.92 Å². The fraction of sp³-hybridized carbons (Fsp3) is 0.440. The summed E-state index contributed by atoms with van der Waals surface area (Å²) < 4.78 is 11.7. The van der Waals surface area contributed by atoms with Gasteiger partial charge in [-0.05, 0) is 36.6 Å². The SMILES string of the molecule is COc1cccc(N2CC(C(=O)N3CCC4(CCc5ccccc5O4)CC3)CC2=O)c1. The number of piperidine rings is 1. The molecule has 2 aromatic rings. The standard InChI is InChI=1S/C25H28N2O4/c1-30-21-7-4-6-20(16-21)27-17-19(15-23(27)28)24(29)26-13-11-25(12-14-26)10-9-18-5-2-3-8-22(18)31-25/h2-8,16,19H,9-15,17H2,1H3. The van der Waals surface area contributed by atoms with Crippen molar-refractivity contribution in [1.82, 2.24) is 4.90 Å². The molecule has 0 aromatic heterocycles. The Morgan fingerprint density at radius 3 is 2.71 bits per heavy atom. The van der Waals surface area contributed by atoms with Crippen LogP contribution in [-0.4, -0.2) is 49.1 Å². The average molecular weight is 421 g/mol. The van der Waals surface area contributed by atoms with Crippen molar-refractivity contribution in [1.29, 1.82) is 0 Å². The highest BCUT2D eigenvalue weighted by molar-refractivity contribution is 6.00. The molecule has 162 valence electrons. The van der Waals surface area contributed by atoms with Gasteiger partial charge in [-0.15, -0.1) is 0 Å². The predicted molar refractivity (Wildman–Crippen MR) is 117 cm³/mol. The molecule has 0 N–H and O–H groups in total. The molecule has 1 spiro atoms. The number of rotatable bonds is 3. The van der Waals surface area contributed by atoms with E-state index in [1.807, 2.05) is 41.3 Å². The molecule has 3 heterocycles. The van der Waals surface area contributed by atoms with Crippen LogP contribution in [0.1, 0.15) is 31.2 Å². The minimum atomic E-state index is -0.291. The molecule has 0 radical (unpaired) electrons. The summed E-state index contributed by atoms with van der Waals surface area (Å²) in [6.07, 6.45) is 3.97. The first-order chi connectivity index (χ1) is 15.1. The molecule has 0 saturated carbocycles. The summed E-state index contributed by atoms with van der Waals surface area (Å²) >= 11 is 0. The number of nitrogens with zero attached hydrogens (tertiary/aromatic N) is 2. The summed E-state index contributed by atoms with van der Waals surface area (Å²) in [5.74, 6) is 1.48. The zero-order valence-electron chi connectivity index (χ0n) is 17.9. The van der Waals surface area contributed by atoms with E-state index in [4.69, 9.17) is 9.47 Å². The van der Waals surface area contributed by atoms with E-state index >= 15 is 0 Å². The molecule has 2 fully saturated rings. The summed E-state index contributed by atoms with van der Waals surface area (Å²) in [7, 11) is 1.61. The summed E-state index contributed by atoms with van der Waals surface area (Å²) in [5.41, 5.74) is 1.89. The molecule has 5 rings (SSSR count). The van der Waals surface area contributed by atoms with Crippen LogP contribution in [0, 0.1) is 5.92 Å². The van der Waals surface area contributed by atoms with Crippen molar-refractivity contribution in [2.75, 3.05) is 31.6 Å². The first kappa shape index (κ1) is 19.9. The average Bonchev–Trinajstić information content (AvgIpc) is 3.21. The molecule has 6 nitrogen and oxygen atoms in total. The van der Waals surface area contributed by atoms with Crippen LogP contribution >= 0.6 is 0 Å². The molecule has 3 aliphatic rings. The molecular formula is C25H28N2O4. The third-order valence-electron chi connectivity index (χ3n) is 6.97. The molecule has 1 atom stereocenters. The van der Waals surface area contributed by atoms with Crippen molar-refractivity contribution in [3.05, 3.63) is 54.1 Å². The maximum atomic E-state index is 13.2. The van der Waals surface area contributed by atoms with Crippen LogP contribution in [0.15, 0.2) is 48.5 Å². The van der Waals surface area contributed by atoms with E-state index in [1.54, 1.807) is 12.0 Å². The highest BCUT2D eigenvalue weighted by Crippen LogP contribution is 2.39. The van der Waals surface area contributed by atoms with E-state index in [2.05, 4.69) is 12.1 Å². The van der Waals surface area contributed by atoms with E-state index in [1.165, 1.54) is 5.56 Å². The van der Waals surface area contributed by atoms with Crippen LogP contribution in [-0.2, 0) is 16.0 Å². The van der Waals surface area contributed by atoms with Crippen molar-refractivity contribution in [2.45, 2.75) is 37.7 Å². The summed E-state index contributed by atoms with van der Waals surface area (Å²) in [6, 6.07) is 15.7. The van der Waals surface area contributed by atoms with Crippen LogP contribution in [0.3, 0.4) is 0 Å². The fourth-order valence-electron chi connectivity index (χ4n) is 5.10. The van der Waals surface area contributed by atoms with Crippen LogP contribution in [0.5, 0.6) is 11.5 Å². The van der Waals surface area contributed by atoms with Gasteiger partial charge in [0.2, 0.25) is 11.8 Å².